The predicted molar refractivity (Wildman–Crippen MR) is 121 cm³/mol. The maximum atomic E-state index is 14.7. The first kappa shape index (κ1) is 22.3. The molecule has 4 heterocycles. The Bertz CT molecular complexity index is 1360. The lowest BCUT2D eigenvalue weighted by atomic mass is 9.77. The molecule has 0 spiro atoms. The molecular weight excluding hydrogens is 443 g/mol. The summed E-state index contributed by atoms with van der Waals surface area (Å²) in [6.45, 7) is 0. The van der Waals surface area contributed by atoms with E-state index in [1.165, 1.54) is 12.3 Å². The van der Waals surface area contributed by atoms with Gasteiger partial charge in [-0.05, 0) is 37.2 Å². The number of carbonyl (C=O) groups excluding carboxylic acids is 1. The summed E-state index contributed by atoms with van der Waals surface area (Å²) in [7, 11) is 1.82. The van der Waals surface area contributed by atoms with Crippen LogP contribution >= 0.6 is 0 Å². The smallest absolute Gasteiger partial charge is 0.183 e. The summed E-state index contributed by atoms with van der Waals surface area (Å²) in [5.74, 6) is -1.72. The molecule has 1 saturated carbocycles. The van der Waals surface area contributed by atoms with E-state index in [2.05, 4.69) is 19.9 Å². The molecule has 2 atom stereocenters. The molecule has 4 aromatic heterocycles. The van der Waals surface area contributed by atoms with Crippen molar-refractivity contribution in [2.75, 3.05) is 0 Å². The van der Waals surface area contributed by atoms with Gasteiger partial charge in [-0.1, -0.05) is 12.8 Å². The molecule has 0 aliphatic heterocycles. The highest BCUT2D eigenvalue weighted by Crippen LogP contribution is 2.35. The summed E-state index contributed by atoms with van der Waals surface area (Å²) in [5, 5.41) is 0.384. The molecule has 176 valence electrons. The Kier molecular flexibility index (Phi) is 5.93. The molecule has 0 radical (unpaired) electrons. The molecule has 1 N–H and O–H groups in total. The highest BCUT2D eigenvalue weighted by atomic mass is 19.1. The number of aryl methyl sites for hydroxylation is 1. The Hall–Kier alpha value is -3.49. The predicted octanol–water partition coefficient (Wildman–Crippen LogP) is 5.40. The quantitative estimate of drug-likeness (QED) is 0.386. The molecule has 6 nitrogen and oxygen atoms in total. The average Bonchev–Trinajstić information content (AvgIpc) is 3.42. The van der Waals surface area contributed by atoms with Crippen LogP contribution in [0.2, 0.25) is 0 Å². The summed E-state index contributed by atoms with van der Waals surface area (Å²) in [6.07, 6.45) is 10.2. The molecule has 9 heteroatoms. The largest absolute Gasteiger partial charge is 0.345 e. The van der Waals surface area contributed by atoms with Gasteiger partial charge in [0.1, 0.15) is 28.7 Å². The molecule has 1 aliphatic rings. The van der Waals surface area contributed by atoms with E-state index >= 15 is 0 Å². The fourth-order valence-electron chi connectivity index (χ4n) is 4.98. The van der Waals surface area contributed by atoms with E-state index in [1.54, 1.807) is 17.1 Å². The SMILES string of the molecule is Cn1cnc(C(=O)C[C@@H]2CCC[C@H](Cc3nc(-c4c[nH]c5ncc(F)cc45)c(F)cc3F)C2)c1. The number of hydrogen-bond donors (Lipinski definition) is 1. The van der Waals surface area contributed by atoms with Crippen molar-refractivity contribution in [3.05, 3.63) is 65.9 Å². The second-order valence-electron chi connectivity index (χ2n) is 9.15. The molecule has 4 aromatic rings. The molecule has 0 unspecified atom stereocenters. The number of rotatable bonds is 6. The van der Waals surface area contributed by atoms with Crippen molar-refractivity contribution in [3.63, 3.8) is 0 Å². The number of hydrogen-bond acceptors (Lipinski definition) is 4. The Morgan fingerprint density at radius 3 is 2.76 bits per heavy atom. The number of nitrogens with one attached hydrogen (secondary N) is 1. The van der Waals surface area contributed by atoms with Crippen LogP contribution < -0.4 is 0 Å². The number of carbonyl (C=O) groups is 1. The van der Waals surface area contributed by atoms with Gasteiger partial charge in [0.15, 0.2) is 11.6 Å². The number of nitrogens with zero attached hydrogens (tertiary/aromatic N) is 4. The van der Waals surface area contributed by atoms with Crippen LogP contribution in [0.25, 0.3) is 22.3 Å². The molecule has 34 heavy (non-hydrogen) atoms. The van der Waals surface area contributed by atoms with E-state index in [0.717, 1.165) is 37.9 Å². The van der Waals surface area contributed by atoms with Gasteiger partial charge in [-0.2, -0.15) is 0 Å². The van der Waals surface area contributed by atoms with Crippen LogP contribution in [-0.4, -0.2) is 30.3 Å². The number of imidazole rings is 1. The molecule has 1 fully saturated rings. The summed E-state index contributed by atoms with van der Waals surface area (Å²) >= 11 is 0. The van der Waals surface area contributed by atoms with E-state index < -0.39 is 17.5 Å². The minimum Gasteiger partial charge on any atom is -0.345 e. The fraction of sp³-hybridized carbons (Fsp3) is 0.360. The Balaban J connectivity index is 1.35. The summed E-state index contributed by atoms with van der Waals surface area (Å²) < 4.78 is 44.8. The second kappa shape index (κ2) is 9.04. The maximum absolute atomic E-state index is 14.7. The van der Waals surface area contributed by atoms with Crippen LogP contribution in [0.3, 0.4) is 0 Å². The first-order valence-electron chi connectivity index (χ1n) is 11.4. The van der Waals surface area contributed by atoms with Crippen molar-refractivity contribution in [1.29, 1.82) is 0 Å². The van der Waals surface area contributed by atoms with Crippen molar-refractivity contribution in [3.8, 4) is 11.3 Å². The maximum Gasteiger partial charge on any atom is 0.183 e. The first-order chi connectivity index (χ1) is 16.4. The fourth-order valence-corrected chi connectivity index (χ4v) is 4.98. The Labute approximate surface area is 194 Å². The van der Waals surface area contributed by atoms with Crippen LogP contribution in [0.5, 0.6) is 0 Å². The number of Topliss-reactive ketones (excluding diaryl/α,β-unsaturated/α-hetero) is 1. The van der Waals surface area contributed by atoms with Gasteiger partial charge in [-0.3, -0.25) is 4.79 Å². The van der Waals surface area contributed by atoms with E-state index in [4.69, 9.17) is 0 Å². The van der Waals surface area contributed by atoms with Gasteiger partial charge in [0.25, 0.3) is 0 Å². The van der Waals surface area contributed by atoms with Crippen molar-refractivity contribution < 1.29 is 18.0 Å². The van der Waals surface area contributed by atoms with Crippen LogP contribution in [0.4, 0.5) is 13.2 Å². The zero-order valence-electron chi connectivity index (χ0n) is 18.7. The van der Waals surface area contributed by atoms with Gasteiger partial charge in [0.05, 0.1) is 18.2 Å². The van der Waals surface area contributed by atoms with E-state index in [1.807, 2.05) is 7.05 Å². The lowest BCUT2D eigenvalue weighted by Gasteiger charge is -2.28. The topological polar surface area (TPSA) is 76.5 Å². The summed E-state index contributed by atoms with van der Waals surface area (Å²) in [4.78, 5) is 27.9. The third kappa shape index (κ3) is 4.47. The second-order valence-corrected chi connectivity index (χ2v) is 9.15. The van der Waals surface area contributed by atoms with Gasteiger partial charge in [-0.15, -0.1) is 0 Å². The summed E-state index contributed by atoms with van der Waals surface area (Å²) in [6, 6.07) is 2.09. The lowest BCUT2D eigenvalue weighted by molar-refractivity contribution is 0.0935. The van der Waals surface area contributed by atoms with Crippen molar-refractivity contribution in [2.45, 2.75) is 38.5 Å². The van der Waals surface area contributed by atoms with Gasteiger partial charge >= 0.3 is 0 Å². The Morgan fingerprint density at radius 2 is 1.97 bits per heavy atom. The number of aromatic nitrogens is 5. The number of pyridine rings is 2. The third-order valence-electron chi connectivity index (χ3n) is 6.59. The molecule has 1 aliphatic carbocycles. The molecule has 0 bridgehead atoms. The van der Waals surface area contributed by atoms with Gasteiger partial charge in [-0.25, -0.2) is 28.1 Å². The number of ketones is 1. The van der Waals surface area contributed by atoms with Crippen molar-refractivity contribution >= 4 is 16.8 Å². The highest BCUT2D eigenvalue weighted by molar-refractivity contribution is 5.94. The molecule has 5 rings (SSSR count). The number of halogens is 3. The molecule has 0 aromatic carbocycles. The number of fused-ring (bicyclic) bond motifs is 1. The van der Waals surface area contributed by atoms with Crippen LogP contribution in [-0.2, 0) is 13.5 Å². The minimum absolute atomic E-state index is 0.0137. The standard InChI is InChI=1S/C25H24F3N5O/c1-33-12-22(31-13-33)23(34)7-15-4-2-3-14(5-15)6-21-19(27)9-20(28)24(32-21)18-11-30-25-17(18)8-16(26)10-29-25/h8-15H,2-7H2,1H3,(H,29,30)/t14-,15+/m0/s1. The van der Waals surface area contributed by atoms with Crippen LogP contribution in [0.15, 0.2) is 37.1 Å². The third-order valence-corrected chi connectivity index (χ3v) is 6.59. The van der Waals surface area contributed by atoms with Crippen molar-refractivity contribution in [1.82, 2.24) is 24.5 Å². The van der Waals surface area contributed by atoms with Crippen molar-refractivity contribution in [2.24, 2.45) is 18.9 Å². The minimum atomic E-state index is -0.811. The van der Waals surface area contributed by atoms with E-state index in [9.17, 15) is 18.0 Å². The summed E-state index contributed by atoms with van der Waals surface area (Å²) in [5.41, 5.74) is 1.34. The zero-order chi connectivity index (χ0) is 23.8. The van der Waals surface area contributed by atoms with Crippen LogP contribution in [0, 0.1) is 29.3 Å². The number of aromatic amines is 1. The van der Waals surface area contributed by atoms with E-state index in [-0.39, 0.29) is 29.0 Å². The number of H-pyrrole nitrogens is 1. The average molecular weight is 467 g/mol. The van der Waals surface area contributed by atoms with Gasteiger partial charge in [0.2, 0.25) is 0 Å². The lowest BCUT2D eigenvalue weighted by Crippen LogP contribution is -2.21. The zero-order valence-corrected chi connectivity index (χ0v) is 18.7. The molecular formula is C25H24F3N5O. The Morgan fingerprint density at radius 1 is 1.15 bits per heavy atom. The van der Waals surface area contributed by atoms with Gasteiger partial charge in [0, 0.05) is 42.9 Å². The van der Waals surface area contributed by atoms with E-state index in [0.29, 0.717) is 35.1 Å². The highest BCUT2D eigenvalue weighted by Gasteiger charge is 2.27. The van der Waals surface area contributed by atoms with Crippen LogP contribution in [0.1, 0.15) is 48.3 Å². The van der Waals surface area contributed by atoms with Gasteiger partial charge < -0.3 is 9.55 Å². The first-order valence-corrected chi connectivity index (χ1v) is 11.4. The molecule has 0 saturated heterocycles. The normalized spacial score (nSPS) is 18.5. The molecule has 0 amide bonds. The monoisotopic (exact) mass is 467 g/mol.